The van der Waals surface area contributed by atoms with Crippen molar-refractivity contribution in [3.63, 3.8) is 0 Å². The molecule has 1 amide bonds. The van der Waals surface area contributed by atoms with E-state index >= 15 is 0 Å². The van der Waals surface area contributed by atoms with Crippen molar-refractivity contribution in [2.45, 2.75) is 57.4 Å². The third-order valence-electron chi connectivity index (χ3n) is 6.42. The molecule has 1 aliphatic carbocycles. The number of imidazole rings is 1. The predicted molar refractivity (Wildman–Crippen MR) is 132 cm³/mol. The molecule has 1 heterocycles. The summed E-state index contributed by atoms with van der Waals surface area (Å²) in [5.41, 5.74) is 8.72. The Morgan fingerprint density at radius 2 is 1.62 bits per heavy atom. The first kappa shape index (κ1) is 23.2. The van der Waals surface area contributed by atoms with Gasteiger partial charge >= 0.3 is 0 Å². The largest absolute Gasteiger partial charge is 0.363 e. The highest BCUT2D eigenvalue weighted by molar-refractivity contribution is 6.36. The van der Waals surface area contributed by atoms with Crippen molar-refractivity contribution in [2.75, 3.05) is 0 Å². The minimum absolute atomic E-state index is 0.153. The summed E-state index contributed by atoms with van der Waals surface area (Å²) in [5, 5.41) is 1.69. The van der Waals surface area contributed by atoms with Crippen LogP contribution in [0.2, 0.25) is 15.1 Å². The molecule has 7 heteroatoms. The molecule has 1 saturated carbocycles. The number of benzene rings is 2. The number of hydrogen-bond acceptors (Lipinski definition) is 2. The molecule has 1 aliphatic rings. The third kappa shape index (κ3) is 4.28. The number of aromatic nitrogens is 2. The predicted octanol–water partition coefficient (Wildman–Crippen LogP) is 7.44. The maximum atomic E-state index is 12.6. The van der Waals surface area contributed by atoms with Crippen molar-refractivity contribution in [3.05, 3.63) is 74.6 Å². The average Bonchev–Trinajstić information content (AvgIpc) is 3.16. The summed E-state index contributed by atoms with van der Waals surface area (Å²) in [6, 6.07) is 13.3. The molecule has 1 aromatic heterocycles. The van der Waals surface area contributed by atoms with E-state index in [1.54, 1.807) is 12.1 Å². The van der Waals surface area contributed by atoms with Gasteiger partial charge in [0.15, 0.2) is 5.82 Å². The van der Waals surface area contributed by atoms with Crippen molar-refractivity contribution in [1.29, 1.82) is 0 Å². The van der Waals surface area contributed by atoms with Crippen LogP contribution in [0, 0.1) is 0 Å². The zero-order valence-corrected chi connectivity index (χ0v) is 20.4. The second-order valence-corrected chi connectivity index (χ2v) is 10.2. The van der Waals surface area contributed by atoms with E-state index in [2.05, 4.69) is 18.4 Å². The molecule has 0 spiro atoms. The van der Waals surface area contributed by atoms with Gasteiger partial charge in [0.2, 0.25) is 0 Å². The van der Waals surface area contributed by atoms with Crippen LogP contribution in [-0.4, -0.2) is 15.5 Å². The summed E-state index contributed by atoms with van der Waals surface area (Å²) >= 11 is 18.9. The van der Waals surface area contributed by atoms with Crippen LogP contribution in [0.4, 0.5) is 0 Å². The molecule has 0 unspecified atom stereocenters. The van der Waals surface area contributed by atoms with E-state index in [4.69, 9.17) is 45.5 Å². The lowest BCUT2D eigenvalue weighted by Crippen LogP contribution is -2.30. The van der Waals surface area contributed by atoms with Crippen molar-refractivity contribution >= 4 is 40.7 Å². The summed E-state index contributed by atoms with van der Waals surface area (Å²) in [7, 11) is 0. The van der Waals surface area contributed by atoms with E-state index in [-0.39, 0.29) is 11.9 Å². The first-order valence-electron chi connectivity index (χ1n) is 10.8. The number of hydrogen-bond donors (Lipinski definition) is 1. The lowest BCUT2D eigenvalue weighted by atomic mass is 9.79. The molecule has 0 radical (unpaired) electrons. The average molecular weight is 491 g/mol. The quantitative estimate of drug-likeness (QED) is 0.404. The van der Waals surface area contributed by atoms with Gasteiger partial charge in [0, 0.05) is 27.1 Å². The Kier molecular flexibility index (Phi) is 6.58. The number of nitrogens with two attached hydrogens (primary N) is 1. The van der Waals surface area contributed by atoms with E-state index in [1.807, 2.05) is 30.3 Å². The molecule has 3 aromatic rings. The van der Waals surface area contributed by atoms with Gasteiger partial charge in [0.25, 0.3) is 5.91 Å². The summed E-state index contributed by atoms with van der Waals surface area (Å²) in [6.07, 6.45) is 5.38. The number of carbonyl (C=O) groups excluding carboxylic acids is 1. The van der Waals surface area contributed by atoms with Gasteiger partial charge in [-0.15, -0.1) is 0 Å². The standard InChI is InChI=1S/C25H26Cl3N3O/c1-25(2,15-8-10-16(26)11-9-15)22-21(19-13-12-17(27)14-20(19)28)30-24(23(29)32)31(22)18-6-4-3-5-7-18/h8-14,18H,3-7H2,1-2H3,(H2,29,32). The molecule has 0 aliphatic heterocycles. The van der Waals surface area contributed by atoms with Crippen LogP contribution in [0.3, 0.4) is 0 Å². The van der Waals surface area contributed by atoms with Crippen molar-refractivity contribution in [1.82, 2.24) is 9.55 Å². The fraction of sp³-hybridized carbons (Fsp3) is 0.360. The Morgan fingerprint density at radius 1 is 1.00 bits per heavy atom. The highest BCUT2D eigenvalue weighted by Crippen LogP contribution is 2.44. The molecule has 0 atom stereocenters. The van der Waals surface area contributed by atoms with Gasteiger partial charge in [-0.25, -0.2) is 4.98 Å². The van der Waals surface area contributed by atoms with Crippen LogP contribution < -0.4 is 5.73 Å². The van der Waals surface area contributed by atoms with Gasteiger partial charge in [-0.1, -0.05) is 80.0 Å². The number of carbonyl (C=O) groups is 1. The second-order valence-electron chi connectivity index (χ2n) is 8.91. The Morgan fingerprint density at radius 3 is 2.22 bits per heavy atom. The lowest BCUT2D eigenvalue weighted by Gasteiger charge is -2.33. The molecule has 32 heavy (non-hydrogen) atoms. The normalized spacial score (nSPS) is 15.2. The molecule has 168 valence electrons. The minimum atomic E-state index is -0.542. The number of nitrogens with zero attached hydrogens (tertiary/aromatic N) is 2. The third-order valence-corrected chi connectivity index (χ3v) is 7.22. The highest BCUT2D eigenvalue weighted by Gasteiger charge is 2.37. The van der Waals surface area contributed by atoms with Gasteiger partial charge in [-0.3, -0.25) is 4.79 Å². The number of halogens is 3. The van der Waals surface area contributed by atoms with Crippen molar-refractivity contribution in [3.8, 4) is 11.3 Å². The Bertz CT molecular complexity index is 1150. The van der Waals surface area contributed by atoms with Crippen molar-refractivity contribution < 1.29 is 4.79 Å². The zero-order chi connectivity index (χ0) is 23.0. The number of amides is 1. The lowest BCUT2D eigenvalue weighted by molar-refractivity contribution is 0.0981. The van der Waals surface area contributed by atoms with Crippen LogP contribution in [0.5, 0.6) is 0 Å². The summed E-state index contributed by atoms with van der Waals surface area (Å²) in [6.45, 7) is 4.26. The van der Waals surface area contributed by atoms with Crippen LogP contribution in [0.25, 0.3) is 11.3 Å². The van der Waals surface area contributed by atoms with Crippen LogP contribution in [0.15, 0.2) is 42.5 Å². The Hall–Kier alpha value is -2.01. The topological polar surface area (TPSA) is 60.9 Å². The molecule has 2 aromatic carbocycles. The summed E-state index contributed by atoms with van der Waals surface area (Å²) in [4.78, 5) is 17.4. The number of primary amides is 1. The summed E-state index contributed by atoms with van der Waals surface area (Å²) < 4.78 is 2.08. The Labute approximate surface area is 203 Å². The number of rotatable bonds is 5. The molecule has 4 rings (SSSR count). The van der Waals surface area contributed by atoms with Gasteiger partial charge in [0.1, 0.15) is 0 Å². The monoisotopic (exact) mass is 489 g/mol. The SMILES string of the molecule is CC(C)(c1ccc(Cl)cc1)c1c(-c2ccc(Cl)cc2Cl)nc(C(N)=O)n1C1CCCCC1. The van der Waals surface area contributed by atoms with E-state index in [0.29, 0.717) is 20.8 Å². The fourth-order valence-electron chi connectivity index (χ4n) is 4.77. The van der Waals surface area contributed by atoms with Crippen molar-refractivity contribution in [2.24, 2.45) is 5.73 Å². The molecule has 0 saturated heterocycles. The van der Waals surface area contributed by atoms with E-state index < -0.39 is 11.3 Å². The minimum Gasteiger partial charge on any atom is -0.363 e. The molecule has 2 N–H and O–H groups in total. The van der Waals surface area contributed by atoms with E-state index in [0.717, 1.165) is 42.5 Å². The highest BCUT2D eigenvalue weighted by atomic mass is 35.5. The van der Waals surface area contributed by atoms with Gasteiger partial charge < -0.3 is 10.3 Å². The zero-order valence-electron chi connectivity index (χ0n) is 18.2. The molecule has 4 nitrogen and oxygen atoms in total. The second kappa shape index (κ2) is 9.09. The molecular formula is C25H26Cl3N3O. The van der Waals surface area contributed by atoms with Gasteiger partial charge in [0.05, 0.1) is 16.4 Å². The Balaban J connectivity index is 2.03. The van der Waals surface area contributed by atoms with Crippen LogP contribution in [-0.2, 0) is 5.41 Å². The van der Waals surface area contributed by atoms with E-state index in [1.165, 1.54) is 6.42 Å². The van der Waals surface area contributed by atoms with Gasteiger partial charge in [-0.05, 0) is 48.7 Å². The maximum Gasteiger partial charge on any atom is 0.284 e. The van der Waals surface area contributed by atoms with Crippen LogP contribution in [0.1, 0.15) is 73.9 Å². The van der Waals surface area contributed by atoms with Gasteiger partial charge in [-0.2, -0.15) is 0 Å². The maximum absolute atomic E-state index is 12.6. The molecule has 1 fully saturated rings. The first-order chi connectivity index (χ1) is 15.2. The molecule has 0 bridgehead atoms. The fourth-order valence-corrected chi connectivity index (χ4v) is 5.39. The smallest absolute Gasteiger partial charge is 0.284 e. The van der Waals surface area contributed by atoms with Crippen LogP contribution >= 0.6 is 34.8 Å². The first-order valence-corrected chi connectivity index (χ1v) is 12.0. The molecular weight excluding hydrogens is 465 g/mol. The summed E-state index contributed by atoms with van der Waals surface area (Å²) in [5.74, 6) is -0.268. The van der Waals surface area contributed by atoms with E-state index in [9.17, 15) is 4.79 Å².